The minimum atomic E-state index is -2.21. The van der Waals surface area contributed by atoms with Crippen LogP contribution in [0.4, 0.5) is 0 Å². The molecule has 5 N–H and O–H groups in total. The average Bonchev–Trinajstić information content (AvgIpc) is 2.69. The third-order valence-electron chi connectivity index (χ3n) is 5.10. The number of rotatable bonds is 5. The molecule has 0 aromatic heterocycles. The fourth-order valence-electron chi connectivity index (χ4n) is 3.56. The van der Waals surface area contributed by atoms with Crippen molar-refractivity contribution in [3.8, 4) is 0 Å². The van der Waals surface area contributed by atoms with Gasteiger partial charge in [-0.2, -0.15) is 0 Å². The zero-order valence-corrected chi connectivity index (χ0v) is 15.1. The summed E-state index contributed by atoms with van der Waals surface area (Å²) in [5.74, 6) is -1.80. The van der Waals surface area contributed by atoms with Crippen molar-refractivity contribution in [2.75, 3.05) is 20.3 Å². The maximum atomic E-state index is 12.2. The van der Waals surface area contributed by atoms with Crippen molar-refractivity contribution in [2.24, 2.45) is 5.92 Å². The second-order valence-electron chi connectivity index (χ2n) is 6.69. The van der Waals surface area contributed by atoms with Crippen molar-refractivity contribution in [1.29, 1.82) is 0 Å². The molecule has 0 radical (unpaired) electrons. The van der Waals surface area contributed by atoms with E-state index in [9.17, 15) is 30.3 Å². The normalized spacial score (nSPS) is 46.4. The second kappa shape index (κ2) is 8.14. The van der Waals surface area contributed by atoms with E-state index in [2.05, 4.69) is 6.58 Å². The lowest BCUT2D eigenvalue weighted by atomic mass is 9.79. The first-order chi connectivity index (χ1) is 13.3. The molecule has 11 heteroatoms. The molecule has 2 saturated heterocycles. The summed E-state index contributed by atoms with van der Waals surface area (Å²) in [5, 5.41) is 50.1. The first kappa shape index (κ1) is 21.3. The maximum absolute atomic E-state index is 12.2. The van der Waals surface area contributed by atoms with Crippen LogP contribution in [0.25, 0.3) is 0 Å². The number of aliphatic hydroxyl groups excluding tert-OH is 4. The van der Waals surface area contributed by atoms with Crippen LogP contribution in [-0.2, 0) is 28.5 Å². The van der Waals surface area contributed by atoms with Crippen LogP contribution in [0.3, 0.4) is 0 Å². The first-order valence-corrected chi connectivity index (χ1v) is 8.66. The summed E-state index contributed by atoms with van der Waals surface area (Å²) >= 11 is 0. The van der Waals surface area contributed by atoms with Gasteiger partial charge >= 0.3 is 5.97 Å². The number of methoxy groups -OCH3 is 1. The predicted molar refractivity (Wildman–Crippen MR) is 88.2 cm³/mol. The van der Waals surface area contributed by atoms with Crippen LogP contribution in [-0.4, -0.2) is 101 Å². The van der Waals surface area contributed by atoms with Gasteiger partial charge in [-0.25, -0.2) is 4.79 Å². The molecule has 0 unspecified atom stereocenters. The number of aliphatic hydroxyl groups is 5. The molecule has 2 fully saturated rings. The molecule has 0 aliphatic carbocycles. The van der Waals surface area contributed by atoms with E-state index in [0.717, 1.165) is 0 Å². The molecule has 3 rings (SSSR count). The van der Waals surface area contributed by atoms with Crippen molar-refractivity contribution in [3.63, 3.8) is 0 Å². The topological polar surface area (TPSA) is 164 Å². The fourth-order valence-corrected chi connectivity index (χ4v) is 3.56. The monoisotopic (exact) mass is 404 g/mol. The van der Waals surface area contributed by atoms with Crippen molar-refractivity contribution in [3.05, 3.63) is 24.3 Å². The quantitative estimate of drug-likeness (QED) is 0.237. The number of cyclic esters (lactones) is 1. The number of esters is 1. The lowest BCUT2D eigenvalue weighted by Crippen LogP contribution is -2.64. The Labute approximate surface area is 160 Å². The van der Waals surface area contributed by atoms with Crippen LogP contribution in [0.2, 0.25) is 0 Å². The lowest BCUT2D eigenvalue weighted by molar-refractivity contribution is -0.376. The van der Waals surface area contributed by atoms with Gasteiger partial charge in [0.05, 0.1) is 12.5 Å². The van der Waals surface area contributed by atoms with E-state index >= 15 is 0 Å². The van der Waals surface area contributed by atoms with E-state index in [4.69, 9.17) is 23.7 Å². The van der Waals surface area contributed by atoms with Crippen molar-refractivity contribution in [2.45, 2.75) is 48.9 Å². The predicted octanol–water partition coefficient (Wildman–Crippen LogP) is -2.85. The van der Waals surface area contributed by atoms with Crippen LogP contribution in [0.5, 0.6) is 0 Å². The smallest absolute Gasteiger partial charge is 0.348 e. The Hall–Kier alpha value is -1.41. The molecule has 158 valence electrons. The number of hydrogen-bond acceptors (Lipinski definition) is 11. The van der Waals surface area contributed by atoms with Gasteiger partial charge in [0.15, 0.2) is 12.6 Å². The highest BCUT2D eigenvalue weighted by Gasteiger charge is 2.60. The molecule has 3 aliphatic rings. The number of carbonyl (C=O) groups excluding carboxylic acids is 1. The molecule has 3 aliphatic heterocycles. The summed E-state index contributed by atoms with van der Waals surface area (Å²) in [7, 11) is 1.21. The maximum Gasteiger partial charge on any atom is 0.348 e. The second-order valence-corrected chi connectivity index (χ2v) is 6.69. The SMILES string of the molecule is C=C[C@@H]1C2=CCOC(=O)[C@@]2(O)[C@@H](OC)O[C@H]1O[C@@H]1O[C@H](CO)[C@@H](O)[C@H](O)[C@H]1O. The Morgan fingerprint density at radius 2 is 1.96 bits per heavy atom. The summed E-state index contributed by atoms with van der Waals surface area (Å²) in [5.41, 5.74) is -2.02. The summed E-state index contributed by atoms with van der Waals surface area (Å²) in [6.45, 7) is 2.96. The fraction of sp³-hybridized carbons (Fsp3) is 0.706. The van der Waals surface area contributed by atoms with E-state index in [0.29, 0.717) is 0 Å². The molecule has 0 spiro atoms. The van der Waals surface area contributed by atoms with Crippen LogP contribution in [0.15, 0.2) is 24.3 Å². The number of ether oxygens (including phenoxy) is 5. The van der Waals surface area contributed by atoms with Crippen molar-refractivity contribution < 1.29 is 54.0 Å². The van der Waals surface area contributed by atoms with Gasteiger partial charge in [-0.1, -0.05) is 6.08 Å². The molecule has 9 atom stereocenters. The zero-order valence-electron chi connectivity index (χ0n) is 15.1. The summed E-state index contributed by atoms with van der Waals surface area (Å²) < 4.78 is 26.5. The third kappa shape index (κ3) is 3.28. The molecule has 0 bridgehead atoms. The van der Waals surface area contributed by atoms with Gasteiger partial charge < -0.3 is 49.2 Å². The molecule has 11 nitrogen and oxygen atoms in total. The molecular weight excluding hydrogens is 380 g/mol. The molecule has 0 amide bonds. The van der Waals surface area contributed by atoms with Gasteiger partial charge in [-0.05, 0) is 11.6 Å². The van der Waals surface area contributed by atoms with Crippen LogP contribution in [0, 0.1) is 5.92 Å². The molecular formula is C17H24O11. The van der Waals surface area contributed by atoms with Crippen LogP contribution in [0.1, 0.15) is 0 Å². The van der Waals surface area contributed by atoms with Crippen LogP contribution >= 0.6 is 0 Å². The highest BCUT2D eigenvalue weighted by molar-refractivity contribution is 5.85. The lowest BCUT2D eigenvalue weighted by Gasteiger charge is -2.48. The molecule has 0 aromatic carbocycles. The highest BCUT2D eigenvalue weighted by atomic mass is 16.8. The van der Waals surface area contributed by atoms with E-state index in [1.54, 1.807) is 0 Å². The highest BCUT2D eigenvalue weighted by Crippen LogP contribution is 2.43. The average molecular weight is 404 g/mol. The molecule has 28 heavy (non-hydrogen) atoms. The minimum Gasteiger partial charge on any atom is -0.459 e. The summed E-state index contributed by atoms with van der Waals surface area (Å²) in [4.78, 5) is 12.2. The first-order valence-electron chi connectivity index (χ1n) is 8.66. The Balaban J connectivity index is 1.87. The third-order valence-corrected chi connectivity index (χ3v) is 5.10. The van der Waals surface area contributed by atoms with Crippen molar-refractivity contribution in [1.82, 2.24) is 0 Å². The Kier molecular flexibility index (Phi) is 6.20. The Bertz CT molecular complexity index is 635. The molecule has 0 aromatic rings. The number of hydrogen-bond donors (Lipinski definition) is 5. The van der Waals surface area contributed by atoms with Gasteiger partial charge in [0, 0.05) is 7.11 Å². The van der Waals surface area contributed by atoms with E-state index < -0.39 is 67.4 Å². The Morgan fingerprint density at radius 1 is 1.25 bits per heavy atom. The standard InChI is InChI=1S/C17H24O11/c1-3-7-8-4-5-25-15(22)17(8,23)16(24-2)28-13(7)27-14-12(21)11(20)10(19)9(6-18)26-14/h3-4,7,9-14,16,18-21,23H,1,5-6H2,2H3/t7-,9-,10-,11+,12-,13-,14+,16+,17-/m1/s1. The van der Waals surface area contributed by atoms with E-state index in [1.165, 1.54) is 19.3 Å². The van der Waals surface area contributed by atoms with Gasteiger partial charge in [-0.15, -0.1) is 6.58 Å². The minimum absolute atomic E-state index is 0.0793. The van der Waals surface area contributed by atoms with Gasteiger partial charge in [0.1, 0.15) is 31.0 Å². The summed E-state index contributed by atoms with van der Waals surface area (Å²) in [6.07, 6.45) is -7.37. The number of carbonyl (C=O) groups is 1. The summed E-state index contributed by atoms with van der Waals surface area (Å²) in [6, 6.07) is 0. The van der Waals surface area contributed by atoms with Gasteiger partial charge in [-0.3, -0.25) is 0 Å². The van der Waals surface area contributed by atoms with E-state index in [-0.39, 0.29) is 12.2 Å². The van der Waals surface area contributed by atoms with Gasteiger partial charge in [0.2, 0.25) is 11.9 Å². The largest absolute Gasteiger partial charge is 0.459 e. The zero-order chi connectivity index (χ0) is 20.6. The van der Waals surface area contributed by atoms with Gasteiger partial charge in [0.25, 0.3) is 0 Å². The van der Waals surface area contributed by atoms with E-state index in [1.807, 2.05) is 0 Å². The molecule has 0 saturated carbocycles. The number of fused-ring (bicyclic) bond motifs is 1. The molecule has 3 heterocycles. The van der Waals surface area contributed by atoms with Crippen LogP contribution < -0.4 is 0 Å². The van der Waals surface area contributed by atoms with Crippen molar-refractivity contribution >= 4 is 5.97 Å². The Morgan fingerprint density at radius 3 is 2.57 bits per heavy atom.